The van der Waals surface area contributed by atoms with Crippen LogP contribution in [0.25, 0.3) is 0 Å². The highest BCUT2D eigenvalue weighted by Crippen LogP contribution is 2.22. The maximum absolute atomic E-state index is 3.78. The van der Waals surface area contributed by atoms with Gasteiger partial charge >= 0.3 is 0 Å². The molecule has 0 aromatic rings. The van der Waals surface area contributed by atoms with Crippen LogP contribution in [0.3, 0.4) is 0 Å². The lowest BCUT2D eigenvalue weighted by atomic mass is 9.91. The second kappa shape index (κ2) is 15.0. The van der Waals surface area contributed by atoms with Crippen molar-refractivity contribution in [3.05, 3.63) is 24.3 Å². The molecular weight excluding hydrogens is 276 g/mol. The van der Waals surface area contributed by atoms with Gasteiger partial charge in [-0.15, -0.1) is 6.58 Å². The number of allylic oxidation sites excluding steroid dienone is 3. The van der Waals surface area contributed by atoms with Gasteiger partial charge in [0.15, 0.2) is 0 Å². The van der Waals surface area contributed by atoms with Gasteiger partial charge in [0, 0.05) is 0 Å². The van der Waals surface area contributed by atoms with Gasteiger partial charge in [0.25, 0.3) is 0 Å². The molecule has 0 aliphatic rings. The fraction of sp³-hybridized carbons (Fsp3) is 0.826. The number of hydrogen-bond donors (Lipinski definition) is 0. The predicted octanol–water partition coefficient (Wildman–Crippen LogP) is 8.34. The highest BCUT2D eigenvalue weighted by molar-refractivity contribution is 4.98. The van der Waals surface area contributed by atoms with Crippen molar-refractivity contribution in [1.82, 2.24) is 0 Å². The minimum absolute atomic E-state index is 0.872. The van der Waals surface area contributed by atoms with Crippen LogP contribution in [0.4, 0.5) is 0 Å². The van der Waals surface area contributed by atoms with E-state index in [0.29, 0.717) is 0 Å². The van der Waals surface area contributed by atoms with Crippen LogP contribution in [-0.4, -0.2) is 0 Å². The zero-order chi connectivity index (χ0) is 17.5. The number of rotatable bonds is 15. The van der Waals surface area contributed by atoms with E-state index in [4.69, 9.17) is 0 Å². The molecule has 0 aromatic heterocycles. The monoisotopic (exact) mass is 320 g/mol. The maximum Gasteiger partial charge on any atom is -0.0314 e. The van der Waals surface area contributed by atoms with Gasteiger partial charge in [-0.25, -0.2) is 0 Å². The van der Waals surface area contributed by atoms with E-state index in [0.717, 1.165) is 24.2 Å². The lowest BCUT2D eigenvalue weighted by Crippen LogP contribution is -2.00. The van der Waals surface area contributed by atoms with Gasteiger partial charge in [-0.3, -0.25) is 0 Å². The van der Waals surface area contributed by atoms with Gasteiger partial charge in [-0.05, 0) is 50.4 Å². The van der Waals surface area contributed by atoms with Gasteiger partial charge in [-0.2, -0.15) is 0 Å². The second-order valence-corrected chi connectivity index (χ2v) is 8.27. The molecule has 2 atom stereocenters. The standard InChI is InChI=1S/C23H44/c1-7-8-9-14-21(4)16-11-18-23(6)19-12-17-22(5)15-10-13-20(2)3/h7,14,20,22-23H,1,8-13,15-19H2,2-6H3/b21-14+. The first-order chi connectivity index (χ1) is 11.0. The van der Waals surface area contributed by atoms with Gasteiger partial charge in [-0.1, -0.05) is 90.4 Å². The van der Waals surface area contributed by atoms with E-state index >= 15 is 0 Å². The first-order valence-corrected chi connectivity index (χ1v) is 10.2. The van der Waals surface area contributed by atoms with Crippen LogP contribution in [0.15, 0.2) is 24.3 Å². The predicted molar refractivity (Wildman–Crippen MR) is 108 cm³/mol. The molecule has 0 amide bonds. The Morgan fingerprint density at radius 2 is 1.30 bits per heavy atom. The fourth-order valence-electron chi connectivity index (χ4n) is 3.26. The minimum Gasteiger partial charge on any atom is -0.103 e. The lowest BCUT2D eigenvalue weighted by Gasteiger charge is -2.15. The quantitative estimate of drug-likeness (QED) is 0.210. The van der Waals surface area contributed by atoms with Crippen LogP contribution in [0.5, 0.6) is 0 Å². The molecule has 0 aliphatic carbocycles. The van der Waals surface area contributed by atoms with E-state index in [-0.39, 0.29) is 0 Å². The Bertz CT molecular complexity index is 297. The summed E-state index contributed by atoms with van der Waals surface area (Å²) in [7, 11) is 0. The highest BCUT2D eigenvalue weighted by Gasteiger charge is 2.06. The molecule has 2 unspecified atom stereocenters. The summed E-state index contributed by atoms with van der Waals surface area (Å²) < 4.78 is 0. The van der Waals surface area contributed by atoms with Crippen molar-refractivity contribution in [2.45, 2.75) is 105 Å². The van der Waals surface area contributed by atoms with E-state index < -0.39 is 0 Å². The third-order valence-corrected chi connectivity index (χ3v) is 5.00. The molecule has 0 bridgehead atoms. The normalized spacial score (nSPS) is 15.0. The molecule has 0 rings (SSSR count). The summed E-state index contributed by atoms with van der Waals surface area (Å²) in [5.74, 6) is 2.70. The molecule has 0 fully saturated rings. The second-order valence-electron chi connectivity index (χ2n) is 8.27. The summed E-state index contributed by atoms with van der Waals surface area (Å²) in [6, 6.07) is 0. The van der Waals surface area contributed by atoms with Crippen LogP contribution in [0, 0.1) is 17.8 Å². The molecular formula is C23H44. The topological polar surface area (TPSA) is 0 Å². The molecule has 0 saturated heterocycles. The molecule has 0 N–H and O–H groups in total. The molecule has 0 heteroatoms. The first kappa shape index (κ1) is 22.5. The average molecular weight is 321 g/mol. The molecule has 0 heterocycles. The van der Waals surface area contributed by atoms with Crippen molar-refractivity contribution >= 4 is 0 Å². The van der Waals surface area contributed by atoms with Gasteiger partial charge in [0.1, 0.15) is 0 Å². The summed E-state index contributed by atoms with van der Waals surface area (Å²) in [5.41, 5.74) is 1.57. The Hall–Kier alpha value is -0.520. The minimum atomic E-state index is 0.872. The van der Waals surface area contributed by atoms with E-state index in [9.17, 15) is 0 Å². The molecule has 0 spiro atoms. The maximum atomic E-state index is 3.78. The highest BCUT2D eigenvalue weighted by atomic mass is 14.1. The number of hydrogen-bond acceptors (Lipinski definition) is 0. The Labute approximate surface area is 147 Å². The van der Waals surface area contributed by atoms with Gasteiger partial charge in [0.2, 0.25) is 0 Å². The van der Waals surface area contributed by atoms with E-state index in [1.807, 2.05) is 6.08 Å². The van der Waals surface area contributed by atoms with Crippen LogP contribution >= 0.6 is 0 Å². The first-order valence-electron chi connectivity index (χ1n) is 10.2. The summed E-state index contributed by atoms with van der Waals surface area (Å²) in [5, 5.41) is 0. The Kier molecular flexibility index (Phi) is 14.7. The van der Waals surface area contributed by atoms with Crippen molar-refractivity contribution in [2.24, 2.45) is 17.8 Å². The van der Waals surface area contributed by atoms with Crippen molar-refractivity contribution in [2.75, 3.05) is 0 Å². The van der Waals surface area contributed by atoms with Crippen molar-refractivity contribution < 1.29 is 0 Å². The summed E-state index contributed by atoms with van der Waals surface area (Å²) in [4.78, 5) is 0. The molecule has 0 aliphatic heterocycles. The Morgan fingerprint density at radius 3 is 1.83 bits per heavy atom. The SMILES string of the molecule is C=CCC/C=C(\C)CCCC(C)CCCC(C)CCCC(C)C. The molecule has 0 aromatic carbocycles. The van der Waals surface area contributed by atoms with Gasteiger partial charge in [0.05, 0.1) is 0 Å². The average Bonchev–Trinajstić information content (AvgIpc) is 2.47. The van der Waals surface area contributed by atoms with E-state index in [1.54, 1.807) is 5.57 Å². The van der Waals surface area contributed by atoms with E-state index in [1.165, 1.54) is 64.2 Å². The third kappa shape index (κ3) is 16.1. The Balaban J connectivity index is 3.57. The van der Waals surface area contributed by atoms with Crippen LogP contribution < -0.4 is 0 Å². The van der Waals surface area contributed by atoms with E-state index in [2.05, 4.69) is 47.3 Å². The third-order valence-electron chi connectivity index (χ3n) is 5.00. The van der Waals surface area contributed by atoms with Crippen molar-refractivity contribution in [3.8, 4) is 0 Å². The summed E-state index contributed by atoms with van der Waals surface area (Å²) in [6.45, 7) is 15.6. The van der Waals surface area contributed by atoms with Gasteiger partial charge < -0.3 is 0 Å². The molecule has 23 heavy (non-hydrogen) atoms. The van der Waals surface area contributed by atoms with Crippen LogP contribution in [-0.2, 0) is 0 Å². The van der Waals surface area contributed by atoms with Crippen molar-refractivity contribution in [1.29, 1.82) is 0 Å². The molecule has 0 saturated carbocycles. The lowest BCUT2D eigenvalue weighted by molar-refractivity contribution is 0.389. The zero-order valence-corrected chi connectivity index (χ0v) is 16.9. The summed E-state index contributed by atoms with van der Waals surface area (Å²) >= 11 is 0. The van der Waals surface area contributed by atoms with Crippen LogP contribution in [0.1, 0.15) is 105 Å². The fourth-order valence-corrected chi connectivity index (χ4v) is 3.26. The van der Waals surface area contributed by atoms with Crippen molar-refractivity contribution in [3.63, 3.8) is 0 Å². The van der Waals surface area contributed by atoms with Crippen LogP contribution in [0.2, 0.25) is 0 Å². The molecule has 136 valence electrons. The number of unbranched alkanes of at least 4 members (excludes halogenated alkanes) is 1. The zero-order valence-electron chi connectivity index (χ0n) is 16.9. The summed E-state index contributed by atoms with van der Waals surface area (Å²) in [6.07, 6.45) is 19.3. The molecule has 0 radical (unpaired) electrons. The largest absolute Gasteiger partial charge is 0.103 e. The smallest absolute Gasteiger partial charge is 0.0314 e. The molecule has 0 nitrogen and oxygen atoms in total. The Morgan fingerprint density at radius 1 is 0.783 bits per heavy atom.